The molecule has 1 unspecified atom stereocenters. The van der Waals surface area contributed by atoms with Crippen LogP contribution < -0.4 is 0 Å². The van der Waals surface area contributed by atoms with E-state index < -0.39 is 0 Å². The van der Waals surface area contributed by atoms with Crippen molar-refractivity contribution in [2.75, 3.05) is 0 Å². The zero-order valence-corrected chi connectivity index (χ0v) is 11.4. The van der Waals surface area contributed by atoms with Gasteiger partial charge in [-0.05, 0) is 0 Å². The third-order valence-corrected chi connectivity index (χ3v) is 5.95. The first kappa shape index (κ1) is 11.8. The molecule has 0 radical (unpaired) electrons. The molecule has 1 atom stereocenters. The van der Waals surface area contributed by atoms with Crippen molar-refractivity contribution in [2.45, 2.75) is 30.7 Å². The van der Waals surface area contributed by atoms with Gasteiger partial charge in [0.25, 0.3) is 0 Å². The molecule has 1 aromatic rings. The molecule has 1 aromatic carbocycles. The zero-order valence-electron chi connectivity index (χ0n) is 9.67. The first-order valence-electron chi connectivity index (χ1n) is 5.90. The molecule has 0 amide bonds. The van der Waals surface area contributed by atoms with Gasteiger partial charge in [-0.3, -0.25) is 0 Å². The normalized spacial score (nSPS) is 17.2. The van der Waals surface area contributed by atoms with E-state index in [-0.39, 0.29) is 0 Å². The summed E-state index contributed by atoms with van der Waals surface area (Å²) in [5.41, 5.74) is 1.53. The van der Waals surface area contributed by atoms with Crippen molar-refractivity contribution in [3.63, 3.8) is 0 Å². The quantitative estimate of drug-likeness (QED) is 0.569. The number of hydrogen-bond donors (Lipinski definition) is 0. The number of benzene rings is 1. The van der Waals surface area contributed by atoms with E-state index in [1.165, 1.54) is 18.4 Å². The molecule has 1 heteroatoms. The van der Waals surface area contributed by atoms with Crippen LogP contribution in [0.1, 0.15) is 36.3 Å². The van der Waals surface area contributed by atoms with Crippen LogP contribution in [0.2, 0.25) is 0 Å². The predicted octanol–water partition coefficient (Wildman–Crippen LogP) is 4.45. The monoisotopic (exact) mass is 300 g/mol. The molecule has 16 heavy (non-hydrogen) atoms. The van der Waals surface area contributed by atoms with Gasteiger partial charge in [0.2, 0.25) is 0 Å². The van der Waals surface area contributed by atoms with Crippen LogP contribution in [0, 0.1) is 0 Å². The van der Waals surface area contributed by atoms with Crippen molar-refractivity contribution < 1.29 is 17.1 Å². The van der Waals surface area contributed by atoms with Gasteiger partial charge in [-0.1, -0.05) is 0 Å². The fourth-order valence-electron chi connectivity index (χ4n) is 1.83. The Labute approximate surface area is 106 Å². The number of hydrogen-bond acceptors (Lipinski definition) is 0. The zero-order chi connectivity index (χ0) is 11.2. The number of allylic oxidation sites excluding steroid dienone is 4. The second-order valence-electron chi connectivity index (χ2n) is 3.92. The first-order chi connectivity index (χ1) is 7.90. The van der Waals surface area contributed by atoms with Crippen LogP contribution in [0.3, 0.4) is 0 Å². The average molecular weight is 299 g/mol. The summed E-state index contributed by atoms with van der Waals surface area (Å²) in [4.78, 5) is 0. The summed E-state index contributed by atoms with van der Waals surface area (Å²) < 4.78 is 2.48. The molecule has 0 N–H and O–H groups in total. The summed E-state index contributed by atoms with van der Waals surface area (Å²) in [5, 5.41) is 0. The van der Waals surface area contributed by atoms with Crippen molar-refractivity contribution in [2.24, 2.45) is 0 Å². The summed E-state index contributed by atoms with van der Waals surface area (Å²) in [6.07, 6.45) is 10.6. The van der Waals surface area contributed by atoms with E-state index in [2.05, 4.69) is 55.5 Å². The van der Waals surface area contributed by atoms with Crippen molar-refractivity contribution in [1.29, 1.82) is 0 Å². The third kappa shape index (κ3) is 3.16. The van der Waals surface area contributed by atoms with Crippen LogP contribution in [-0.2, 0) is 17.1 Å². The number of rotatable bonds is 4. The Hall–Kier alpha value is -0.677. The fraction of sp³-hybridized carbons (Fsp3) is 0.333. The Morgan fingerprint density at radius 3 is 2.62 bits per heavy atom. The second-order valence-corrected chi connectivity index (χ2v) is 6.75. The van der Waals surface area contributed by atoms with Crippen LogP contribution in [0.25, 0.3) is 0 Å². The molecule has 0 fully saturated rings. The van der Waals surface area contributed by atoms with Gasteiger partial charge in [-0.25, -0.2) is 0 Å². The average Bonchev–Trinajstić information content (AvgIpc) is 2.38. The van der Waals surface area contributed by atoms with Gasteiger partial charge in [-0.15, -0.1) is 0 Å². The van der Waals surface area contributed by atoms with Gasteiger partial charge in [0.1, 0.15) is 0 Å². The van der Waals surface area contributed by atoms with Crippen molar-refractivity contribution in [3.8, 4) is 0 Å². The Morgan fingerprint density at radius 2 is 2.00 bits per heavy atom. The van der Waals surface area contributed by atoms with E-state index in [0.717, 1.165) is 10.9 Å². The molecule has 0 heterocycles. The third-order valence-electron chi connectivity index (χ3n) is 2.70. The van der Waals surface area contributed by atoms with Crippen LogP contribution in [0.4, 0.5) is 0 Å². The maximum absolute atomic E-state index is 2.43. The van der Waals surface area contributed by atoms with Crippen molar-refractivity contribution >= 4 is 0 Å². The molecule has 0 saturated heterocycles. The van der Waals surface area contributed by atoms with Crippen LogP contribution in [0.15, 0.2) is 52.7 Å². The molecule has 0 aromatic heterocycles. The molecule has 1 aliphatic rings. The molecule has 86 valence electrons. The van der Waals surface area contributed by atoms with Crippen LogP contribution in [0.5, 0.6) is 0 Å². The van der Waals surface area contributed by atoms with Gasteiger partial charge in [0, 0.05) is 0 Å². The SMILES string of the molecule is CC[CH]([Ru][C]1=CCC=CC1)c1ccccc1. The Kier molecular flexibility index (Phi) is 4.54. The van der Waals surface area contributed by atoms with Crippen LogP contribution in [-0.4, -0.2) is 0 Å². The predicted molar refractivity (Wildman–Crippen MR) is 65.9 cm³/mol. The summed E-state index contributed by atoms with van der Waals surface area (Å²) in [7, 11) is 0. The molecule has 0 nitrogen and oxygen atoms in total. The minimum atomic E-state index is 0.361. The Balaban J connectivity index is 2.03. The molecule has 2 rings (SSSR count). The van der Waals surface area contributed by atoms with E-state index in [0.29, 0.717) is 17.1 Å². The second kappa shape index (κ2) is 6.16. The Morgan fingerprint density at radius 1 is 1.19 bits per heavy atom. The fourth-order valence-corrected chi connectivity index (χ4v) is 4.41. The van der Waals surface area contributed by atoms with Crippen molar-refractivity contribution in [1.82, 2.24) is 0 Å². The van der Waals surface area contributed by atoms with Gasteiger partial charge >= 0.3 is 106 Å². The molecule has 0 bridgehead atoms. The molecule has 1 aliphatic carbocycles. The van der Waals surface area contributed by atoms with E-state index in [1.54, 1.807) is 4.17 Å². The van der Waals surface area contributed by atoms with E-state index >= 15 is 0 Å². The molecule has 0 aliphatic heterocycles. The van der Waals surface area contributed by atoms with Gasteiger partial charge < -0.3 is 0 Å². The summed E-state index contributed by atoms with van der Waals surface area (Å²) in [5.74, 6) is 0. The molecule has 0 spiro atoms. The maximum atomic E-state index is 2.43. The standard InChI is InChI=1S/C9H11.C6H7.Ru/c1-2-6-9-7-4-3-5-8-9;1-2-4-6-5-3-1;/h3-8H,2H2,1H3;1-2,5H,3-4H2;. The van der Waals surface area contributed by atoms with E-state index in [1.807, 2.05) is 0 Å². The molecular formula is C15H18Ru. The summed E-state index contributed by atoms with van der Waals surface area (Å²) >= 11 is 0.361. The van der Waals surface area contributed by atoms with E-state index in [9.17, 15) is 0 Å². The Bertz CT molecular complexity index is 376. The molecular weight excluding hydrogens is 281 g/mol. The van der Waals surface area contributed by atoms with Gasteiger partial charge in [0.05, 0.1) is 0 Å². The van der Waals surface area contributed by atoms with Gasteiger partial charge in [0.15, 0.2) is 0 Å². The first-order valence-corrected chi connectivity index (χ1v) is 7.77. The van der Waals surface area contributed by atoms with Gasteiger partial charge in [-0.2, -0.15) is 0 Å². The summed E-state index contributed by atoms with van der Waals surface area (Å²) in [6.45, 7) is 2.31. The van der Waals surface area contributed by atoms with Crippen molar-refractivity contribution in [3.05, 3.63) is 58.3 Å². The minimum absolute atomic E-state index is 0.361. The topological polar surface area (TPSA) is 0 Å². The summed E-state index contributed by atoms with van der Waals surface area (Å²) in [6, 6.07) is 11.0. The van der Waals surface area contributed by atoms with Crippen LogP contribution >= 0.6 is 0 Å². The van der Waals surface area contributed by atoms with E-state index in [4.69, 9.17) is 0 Å². The molecule has 0 saturated carbocycles.